The number of benzene rings is 2. The first-order chi connectivity index (χ1) is 20.3. The lowest BCUT2D eigenvalue weighted by atomic mass is 10.0. The van der Waals surface area contributed by atoms with E-state index in [0.29, 0.717) is 13.0 Å². The van der Waals surface area contributed by atoms with Gasteiger partial charge in [0.2, 0.25) is 0 Å². The molecule has 4 heteroatoms. The Morgan fingerprint density at radius 3 is 1.98 bits per heavy atom. The molecule has 2 rings (SSSR count). The van der Waals surface area contributed by atoms with E-state index in [1.54, 1.807) is 0 Å². The molecule has 42 heavy (non-hydrogen) atoms. The van der Waals surface area contributed by atoms with Gasteiger partial charge in [-0.2, -0.15) is 0 Å². The molecule has 0 aliphatic heterocycles. The van der Waals surface area contributed by atoms with Crippen LogP contribution in [0.3, 0.4) is 0 Å². The van der Waals surface area contributed by atoms with Crippen molar-refractivity contribution in [3.8, 4) is 5.75 Å². The molecule has 0 aromatic heterocycles. The number of carbonyl (C=O) groups is 1. The third kappa shape index (κ3) is 16.3. The van der Waals surface area contributed by atoms with Crippen LogP contribution < -0.4 is 4.74 Å². The zero-order valence-electron chi connectivity index (χ0n) is 27.8. The molecule has 0 bridgehead atoms. The number of aryl methyl sites for hydroxylation is 1. The highest BCUT2D eigenvalue weighted by atomic mass is 16.5. The highest BCUT2D eigenvalue weighted by Crippen LogP contribution is 2.20. The second kappa shape index (κ2) is 21.4. The molecule has 2 atom stereocenters. The lowest BCUT2D eigenvalue weighted by Crippen LogP contribution is -2.44. The van der Waals surface area contributed by atoms with Gasteiger partial charge in [0.05, 0.1) is 33.4 Å². The van der Waals surface area contributed by atoms with Crippen LogP contribution in [0.5, 0.6) is 5.75 Å². The van der Waals surface area contributed by atoms with E-state index in [-0.39, 0.29) is 18.0 Å². The first kappa shape index (κ1) is 35.9. The van der Waals surface area contributed by atoms with Crippen LogP contribution in [0.15, 0.2) is 54.6 Å². The second-order valence-corrected chi connectivity index (χ2v) is 13.0. The Morgan fingerprint density at radius 2 is 1.36 bits per heavy atom. The van der Waals surface area contributed by atoms with Crippen LogP contribution in [0, 0.1) is 5.92 Å². The number of unbranched alkanes of at least 4 members (excludes halogenated alkanes) is 11. The lowest BCUT2D eigenvalue weighted by molar-refractivity contribution is -0.906. The average molecular weight is 581 g/mol. The van der Waals surface area contributed by atoms with Gasteiger partial charge in [-0.1, -0.05) is 127 Å². The number of nitrogens with zero attached hydrogens (tertiary/aromatic N) is 1. The maximum atomic E-state index is 12.9. The zero-order chi connectivity index (χ0) is 30.5. The van der Waals surface area contributed by atoms with E-state index in [2.05, 4.69) is 77.3 Å². The highest BCUT2D eigenvalue weighted by molar-refractivity contribution is 5.72. The molecule has 0 N–H and O–H groups in total. The molecule has 236 valence electrons. The minimum atomic E-state index is -0.100. The van der Waals surface area contributed by atoms with Gasteiger partial charge in [-0.25, -0.2) is 0 Å². The molecule has 0 aliphatic rings. The summed E-state index contributed by atoms with van der Waals surface area (Å²) < 4.78 is 12.7. The molecule has 0 saturated carbocycles. The number of carbonyl (C=O) groups excluding carboxylic acids is 1. The molecular weight excluding hydrogens is 518 g/mol. The fourth-order valence-corrected chi connectivity index (χ4v) is 5.79. The van der Waals surface area contributed by atoms with Crippen molar-refractivity contribution in [3.63, 3.8) is 0 Å². The summed E-state index contributed by atoms with van der Waals surface area (Å²) in [5.41, 5.74) is 2.63. The van der Waals surface area contributed by atoms with Gasteiger partial charge in [0.25, 0.3) is 0 Å². The fraction of sp³-hybridized carbons (Fsp3) is 0.658. The predicted octanol–water partition coefficient (Wildman–Crippen LogP) is 9.93. The summed E-state index contributed by atoms with van der Waals surface area (Å²) in [6.07, 6.45) is 19.1. The summed E-state index contributed by atoms with van der Waals surface area (Å²) in [6, 6.07) is 19.0. The van der Waals surface area contributed by atoms with Gasteiger partial charge in [0.15, 0.2) is 0 Å². The largest absolute Gasteiger partial charge is 0.491 e. The molecule has 0 amide bonds. The Morgan fingerprint density at radius 1 is 0.762 bits per heavy atom. The Hall–Kier alpha value is -2.33. The molecule has 0 saturated heterocycles. The van der Waals surface area contributed by atoms with E-state index < -0.39 is 0 Å². The Balaban J connectivity index is 1.60. The summed E-state index contributed by atoms with van der Waals surface area (Å²) in [4.78, 5) is 12.9. The monoisotopic (exact) mass is 580 g/mol. The third-order valence-corrected chi connectivity index (χ3v) is 8.32. The van der Waals surface area contributed by atoms with E-state index >= 15 is 0 Å². The van der Waals surface area contributed by atoms with Gasteiger partial charge < -0.3 is 14.0 Å². The van der Waals surface area contributed by atoms with Crippen molar-refractivity contribution in [3.05, 3.63) is 65.7 Å². The summed E-state index contributed by atoms with van der Waals surface area (Å²) in [6.45, 7) is 8.47. The molecule has 2 aromatic rings. The number of hydrogen-bond donors (Lipinski definition) is 0. The predicted molar refractivity (Wildman–Crippen MR) is 178 cm³/mol. The van der Waals surface area contributed by atoms with E-state index in [1.807, 2.05) is 12.1 Å². The van der Waals surface area contributed by atoms with Crippen LogP contribution in [-0.4, -0.2) is 43.8 Å². The topological polar surface area (TPSA) is 35.5 Å². The molecule has 2 aromatic carbocycles. The van der Waals surface area contributed by atoms with E-state index in [0.717, 1.165) is 36.2 Å². The summed E-state index contributed by atoms with van der Waals surface area (Å²) >= 11 is 0. The first-order valence-electron chi connectivity index (χ1n) is 17.1. The third-order valence-electron chi connectivity index (χ3n) is 8.32. The summed E-state index contributed by atoms with van der Waals surface area (Å²) in [7, 11) is 4.37. The summed E-state index contributed by atoms with van der Waals surface area (Å²) in [5.74, 6) is 0.724. The molecule has 0 spiro atoms. The molecule has 0 heterocycles. The number of esters is 1. The zero-order valence-corrected chi connectivity index (χ0v) is 27.8. The van der Waals surface area contributed by atoms with Gasteiger partial charge in [0.1, 0.15) is 18.2 Å². The van der Waals surface area contributed by atoms with Crippen molar-refractivity contribution < 1.29 is 18.8 Å². The summed E-state index contributed by atoms with van der Waals surface area (Å²) in [5, 5.41) is 0. The maximum absolute atomic E-state index is 12.9. The normalized spacial score (nSPS) is 13.1. The molecule has 0 fully saturated rings. The van der Waals surface area contributed by atoms with E-state index in [9.17, 15) is 4.79 Å². The molecule has 2 unspecified atom stereocenters. The molecule has 0 aliphatic carbocycles. The second-order valence-electron chi connectivity index (χ2n) is 13.0. The molecular formula is C38H62NO3+. The molecule has 0 radical (unpaired) electrons. The SMILES string of the molecule is CCCCCCCCCCCCCCc1cccc(OC(C)CCOC(=O)C(CC)C[N+](C)(C)Cc2ccccc2)c1. The molecule has 4 nitrogen and oxygen atoms in total. The Labute approximate surface area is 258 Å². The number of rotatable bonds is 24. The minimum Gasteiger partial charge on any atom is -0.491 e. The van der Waals surface area contributed by atoms with Crippen molar-refractivity contribution in [2.75, 3.05) is 27.2 Å². The van der Waals surface area contributed by atoms with Gasteiger partial charge in [-0.05, 0) is 43.9 Å². The smallest absolute Gasteiger partial charge is 0.314 e. The van der Waals surface area contributed by atoms with Crippen LogP contribution in [0.2, 0.25) is 0 Å². The van der Waals surface area contributed by atoms with Crippen LogP contribution in [0.4, 0.5) is 0 Å². The Kier molecular flexibility index (Phi) is 18.3. The fourth-order valence-electron chi connectivity index (χ4n) is 5.79. The quantitative estimate of drug-likeness (QED) is 0.0704. The van der Waals surface area contributed by atoms with Gasteiger partial charge >= 0.3 is 5.97 Å². The number of ether oxygens (including phenoxy) is 2. The van der Waals surface area contributed by atoms with Crippen molar-refractivity contribution >= 4 is 5.97 Å². The maximum Gasteiger partial charge on any atom is 0.314 e. The van der Waals surface area contributed by atoms with Crippen molar-refractivity contribution in [2.45, 2.75) is 130 Å². The first-order valence-corrected chi connectivity index (χ1v) is 17.1. The average Bonchev–Trinajstić information content (AvgIpc) is 2.97. The van der Waals surface area contributed by atoms with Crippen LogP contribution in [0.1, 0.15) is 122 Å². The van der Waals surface area contributed by atoms with Crippen LogP contribution in [-0.2, 0) is 22.5 Å². The van der Waals surface area contributed by atoms with Gasteiger partial charge in [-0.15, -0.1) is 0 Å². The number of quaternary nitrogens is 1. The lowest BCUT2D eigenvalue weighted by Gasteiger charge is -2.32. The van der Waals surface area contributed by atoms with Crippen LogP contribution >= 0.6 is 0 Å². The highest BCUT2D eigenvalue weighted by Gasteiger charge is 2.28. The van der Waals surface area contributed by atoms with Crippen molar-refractivity contribution in [2.24, 2.45) is 5.92 Å². The van der Waals surface area contributed by atoms with Gasteiger partial charge in [-0.3, -0.25) is 4.79 Å². The standard InChI is InChI=1S/C38H62NO3/c1-6-8-9-10-11-12-13-14-15-16-17-19-23-34-26-22-27-37(30-34)42-33(3)28-29-41-38(40)36(7-2)32-39(4,5)31-35-24-20-18-21-25-35/h18,20-22,24-27,30,33,36H,6-17,19,23,28-29,31-32H2,1-5H3/q+1. The number of hydrogen-bond acceptors (Lipinski definition) is 3. The van der Waals surface area contributed by atoms with Gasteiger partial charge in [0, 0.05) is 12.0 Å². The van der Waals surface area contributed by atoms with E-state index in [1.165, 1.54) is 88.2 Å². The van der Waals surface area contributed by atoms with Crippen molar-refractivity contribution in [1.29, 1.82) is 0 Å². The van der Waals surface area contributed by atoms with Crippen molar-refractivity contribution in [1.82, 2.24) is 0 Å². The van der Waals surface area contributed by atoms with Crippen LogP contribution in [0.25, 0.3) is 0 Å². The minimum absolute atomic E-state index is 0.00919. The van der Waals surface area contributed by atoms with E-state index in [4.69, 9.17) is 9.47 Å². The Bertz CT molecular complexity index is 958.